The van der Waals surface area contributed by atoms with Crippen molar-refractivity contribution in [2.45, 2.75) is 32.3 Å². The van der Waals surface area contributed by atoms with E-state index in [1.54, 1.807) is 22.8 Å². The summed E-state index contributed by atoms with van der Waals surface area (Å²) in [5.41, 5.74) is 0.553. The van der Waals surface area contributed by atoms with E-state index in [1.807, 2.05) is 0 Å². The van der Waals surface area contributed by atoms with Crippen LogP contribution < -0.4 is 0 Å². The molecule has 1 aromatic rings. The van der Waals surface area contributed by atoms with Gasteiger partial charge in [0.2, 0.25) is 5.91 Å². The highest BCUT2D eigenvalue weighted by Gasteiger charge is 2.26. The SMILES string of the molecule is Cc1occc1C(=O)N(CCC(=O)N1CCOCC1)CC1CCCO1. The molecule has 1 atom stereocenters. The first kappa shape index (κ1) is 17.9. The Morgan fingerprint density at radius 1 is 1.28 bits per heavy atom. The van der Waals surface area contributed by atoms with Crippen LogP contribution in [0.4, 0.5) is 0 Å². The fourth-order valence-electron chi connectivity index (χ4n) is 3.29. The largest absolute Gasteiger partial charge is 0.469 e. The lowest BCUT2D eigenvalue weighted by molar-refractivity contribution is -0.135. The molecule has 2 fully saturated rings. The number of aryl methyl sites for hydroxylation is 1. The van der Waals surface area contributed by atoms with Gasteiger partial charge in [-0.1, -0.05) is 0 Å². The van der Waals surface area contributed by atoms with Crippen LogP contribution in [-0.4, -0.2) is 73.7 Å². The van der Waals surface area contributed by atoms with Crippen LogP contribution >= 0.6 is 0 Å². The van der Waals surface area contributed by atoms with Gasteiger partial charge < -0.3 is 23.7 Å². The van der Waals surface area contributed by atoms with Gasteiger partial charge in [-0.05, 0) is 25.8 Å². The predicted molar refractivity (Wildman–Crippen MR) is 90.3 cm³/mol. The fourth-order valence-corrected chi connectivity index (χ4v) is 3.29. The Hall–Kier alpha value is -1.86. The van der Waals surface area contributed by atoms with E-state index in [4.69, 9.17) is 13.9 Å². The van der Waals surface area contributed by atoms with Crippen LogP contribution in [0.1, 0.15) is 35.4 Å². The molecular formula is C18H26N2O5. The van der Waals surface area contributed by atoms with E-state index < -0.39 is 0 Å². The molecule has 0 bridgehead atoms. The molecule has 3 rings (SSSR count). The highest BCUT2D eigenvalue weighted by molar-refractivity contribution is 5.95. The van der Waals surface area contributed by atoms with Crippen LogP contribution in [0.2, 0.25) is 0 Å². The van der Waals surface area contributed by atoms with E-state index in [0.29, 0.717) is 57.1 Å². The summed E-state index contributed by atoms with van der Waals surface area (Å²) in [7, 11) is 0. The molecule has 1 unspecified atom stereocenters. The van der Waals surface area contributed by atoms with Gasteiger partial charge in [0.1, 0.15) is 5.76 Å². The molecule has 25 heavy (non-hydrogen) atoms. The Morgan fingerprint density at radius 2 is 2.08 bits per heavy atom. The van der Waals surface area contributed by atoms with E-state index in [1.165, 1.54) is 6.26 Å². The van der Waals surface area contributed by atoms with E-state index in [2.05, 4.69) is 0 Å². The van der Waals surface area contributed by atoms with E-state index >= 15 is 0 Å². The minimum Gasteiger partial charge on any atom is -0.469 e. The number of nitrogens with zero attached hydrogens (tertiary/aromatic N) is 2. The molecular weight excluding hydrogens is 324 g/mol. The number of amides is 2. The summed E-state index contributed by atoms with van der Waals surface area (Å²) in [5.74, 6) is 0.565. The van der Waals surface area contributed by atoms with Crippen molar-refractivity contribution in [3.8, 4) is 0 Å². The molecule has 2 aliphatic heterocycles. The van der Waals surface area contributed by atoms with Crippen molar-refractivity contribution in [2.75, 3.05) is 46.0 Å². The zero-order valence-electron chi connectivity index (χ0n) is 14.7. The summed E-state index contributed by atoms with van der Waals surface area (Å²) in [6, 6.07) is 1.68. The zero-order chi connectivity index (χ0) is 17.6. The highest BCUT2D eigenvalue weighted by Crippen LogP contribution is 2.18. The van der Waals surface area contributed by atoms with Gasteiger partial charge in [0.25, 0.3) is 5.91 Å². The van der Waals surface area contributed by atoms with Gasteiger partial charge in [0.15, 0.2) is 0 Å². The molecule has 0 spiro atoms. The lowest BCUT2D eigenvalue weighted by atomic mass is 10.1. The quantitative estimate of drug-likeness (QED) is 0.777. The highest BCUT2D eigenvalue weighted by atomic mass is 16.5. The maximum Gasteiger partial charge on any atom is 0.257 e. The molecule has 1 aromatic heterocycles. The van der Waals surface area contributed by atoms with Crippen molar-refractivity contribution in [3.63, 3.8) is 0 Å². The first-order chi connectivity index (χ1) is 12.1. The third-order valence-electron chi connectivity index (χ3n) is 4.78. The second-order valence-corrected chi connectivity index (χ2v) is 6.52. The first-order valence-electron chi connectivity index (χ1n) is 8.95. The van der Waals surface area contributed by atoms with Crippen LogP contribution in [0.5, 0.6) is 0 Å². The fraction of sp³-hybridized carbons (Fsp3) is 0.667. The van der Waals surface area contributed by atoms with Crippen molar-refractivity contribution in [1.82, 2.24) is 9.80 Å². The molecule has 0 N–H and O–H groups in total. The van der Waals surface area contributed by atoms with Crippen LogP contribution in [0.15, 0.2) is 16.7 Å². The minimum absolute atomic E-state index is 0.0506. The molecule has 3 heterocycles. The van der Waals surface area contributed by atoms with Gasteiger partial charge in [-0.15, -0.1) is 0 Å². The monoisotopic (exact) mass is 350 g/mol. The van der Waals surface area contributed by atoms with Gasteiger partial charge in [0.05, 0.1) is 31.1 Å². The summed E-state index contributed by atoms with van der Waals surface area (Å²) >= 11 is 0. The molecule has 7 heteroatoms. The summed E-state index contributed by atoms with van der Waals surface area (Å²) in [5, 5.41) is 0. The third-order valence-corrected chi connectivity index (χ3v) is 4.78. The number of ether oxygens (including phenoxy) is 2. The van der Waals surface area contributed by atoms with Crippen molar-refractivity contribution in [3.05, 3.63) is 23.7 Å². The number of morpholine rings is 1. The minimum atomic E-state index is -0.100. The van der Waals surface area contributed by atoms with Crippen LogP contribution in [-0.2, 0) is 14.3 Å². The average molecular weight is 350 g/mol. The molecule has 0 saturated carbocycles. The predicted octanol–water partition coefficient (Wildman–Crippen LogP) is 1.46. The number of hydrogen-bond acceptors (Lipinski definition) is 5. The normalized spacial score (nSPS) is 20.7. The molecule has 0 radical (unpaired) electrons. The van der Waals surface area contributed by atoms with Gasteiger partial charge in [-0.25, -0.2) is 0 Å². The maximum atomic E-state index is 12.9. The van der Waals surface area contributed by atoms with E-state index in [-0.39, 0.29) is 17.9 Å². The Labute approximate surface area is 147 Å². The smallest absolute Gasteiger partial charge is 0.257 e. The van der Waals surface area contributed by atoms with Gasteiger partial charge >= 0.3 is 0 Å². The van der Waals surface area contributed by atoms with Crippen molar-refractivity contribution in [1.29, 1.82) is 0 Å². The van der Waals surface area contributed by atoms with Gasteiger partial charge in [0, 0.05) is 39.2 Å². The standard InChI is InChI=1S/C18H26N2O5/c1-14-16(5-10-24-14)18(22)20(13-15-3-2-9-25-15)6-4-17(21)19-7-11-23-12-8-19/h5,10,15H,2-4,6-9,11-13H2,1H3. The van der Waals surface area contributed by atoms with Gasteiger partial charge in [-0.3, -0.25) is 9.59 Å². The van der Waals surface area contributed by atoms with Crippen LogP contribution in [0, 0.1) is 6.92 Å². The second kappa shape index (κ2) is 8.49. The molecule has 138 valence electrons. The summed E-state index contributed by atoms with van der Waals surface area (Å²) < 4.78 is 16.2. The Bertz CT molecular complexity index is 588. The third kappa shape index (κ3) is 4.61. The number of furan rings is 1. The Morgan fingerprint density at radius 3 is 2.72 bits per heavy atom. The van der Waals surface area contributed by atoms with E-state index in [9.17, 15) is 9.59 Å². The van der Waals surface area contributed by atoms with Crippen molar-refractivity contribution < 1.29 is 23.5 Å². The number of carbonyl (C=O) groups is 2. The average Bonchev–Trinajstić information content (AvgIpc) is 3.30. The Balaban J connectivity index is 1.62. The maximum absolute atomic E-state index is 12.9. The van der Waals surface area contributed by atoms with Gasteiger partial charge in [-0.2, -0.15) is 0 Å². The zero-order valence-corrected chi connectivity index (χ0v) is 14.7. The Kier molecular flexibility index (Phi) is 6.09. The molecule has 2 aliphatic rings. The summed E-state index contributed by atoms with van der Waals surface area (Å²) in [6.45, 7) is 5.83. The lowest BCUT2D eigenvalue weighted by Gasteiger charge is -2.29. The van der Waals surface area contributed by atoms with E-state index in [0.717, 1.165) is 19.4 Å². The van der Waals surface area contributed by atoms with Crippen LogP contribution in [0.25, 0.3) is 0 Å². The molecule has 0 aromatic carbocycles. The molecule has 2 saturated heterocycles. The number of rotatable bonds is 6. The number of carbonyl (C=O) groups excluding carboxylic acids is 2. The van der Waals surface area contributed by atoms with Crippen molar-refractivity contribution >= 4 is 11.8 Å². The number of hydrogen-bond donors (Lipinski definition) is 0. The molecule has 2 amide bonds. The summed E-state index contributed by atoms with van der Waals surface area (Å²) in [4.78, 5) is 28.8. The van der Waals surface area contributed by atoms with Crippen molar-refractivity contribution in [2.24, 2.45) is 0 Å². The second-order valence-electron chi connectivity index (χ2n) is 6.52. The topological polar surface area (TPSA) is 72.2 Å². The summed E-state index contributed by atoms with van der Waals surface area (Å²) in [6.07, 6.45) is 3.85. The first-order valence-corrected chi connectivity index (χ1v) is 8.95. The molecule has 0 aliphatic carbocycles. The molecule has 7 nitrogen and oxygen atoms in total. The van der Waals surface area contributed by atoms with Crippen LogP contribution in [0.3, 0.4) is 0 Å². The lowest BCUT2D eigenvalue weighted by Crippen LogP contribution is -2.44.